The van der Waals surface area contributed by atoms with Crippen LogP contribution in [0, 0.1) is 0 Å². The van der Waals surface area contributed by atoms with Crippen molar-refractivity contribution in [3.8, 4) is 0 Å². The van der Waals surface area contributed by atoms with Crippen molar-refractivity contribution in [2.24, 2.45) is 5.73 Å². The van der Waals surface area contributed by atoms with Crippen LogP contribution in [-0.2, 0) is 19.2 Å². The minimum Gasteiger partial charge on any atom is -0.481 e. The molecule has 0 spiro atoms. The van der Waals surface area contributed by atoms with Crippen molar-refractivity contribution in [1.29, 1.82) is 0 Å². The predicted molar refractivity (Wildman–Crippen MR) is 129 cm³/mol. The van der Waals surface area contributed by atoms with E-state index in [1.165, 1.54) is 6.20 Å². The zero-order valence-corrected chi connectivity index (χ0v) is 19.3. The van der Waals surface area contributed by atoms with Gasteiger partial charge in [0.15, 0.2) is 0 Å². The standard InChI is InChI=1S/C24H31N5O6/c25-9-3-6-18(14-26-19(15-31)12-22(32)33)28-24(35)21(8-4-10-30)29-23(34)17-11-16-5-1-2-7-20(16)27-13-17/h1-2,5,7,10-11,13,15,18-19,21,26H,3-4,6,8-9,12,14,25H2,(H,28,35)(H,29,34)(H,32,33)/t18-,19-,21?/m0/s1. The first-order valence-electron chi connectivity index (χ1n) is 11.4. The Labute approximate surface area is 202 Å². The second kappa shape index (κ2) is 14.5. The lowest BCUT2D eigenvalue weighted by molar-refractivity contribution is -0.138. The maximum atomic E-state index is 13.0. The van der Waals surface area contributed by atoms with Crippen LogP contribution in [0.3, 0.4) is 0 Å². The molecule has 35 heavy (non-hydrogen) atoms. The molecule has 0 radical (unpaired) electrons. The van der Waals surface area contributed by atoms with Crippen molar-refractivity contribution in [3.63, 3.8) is 0 Å². The number of carbonyl (C=O) groups excluding carboxylic acids is 4. The fourth-order valence-electron chi connectivity index (χ4n) is 3.48. The van der Waals surface area contributed by atoms with Crippen LogP contribution in [0.4, 0.5) is 0 Å². The molecule has 6 N–H and O–H groups in total. The molecule has 0 saturated heterocycles. The van der Waals surface area contributed by atoms with Gasteiger partial charge in [-0.15, -0.1) is 0 Å². The number of nitrogens with one attached hydrogen (secondary N) is 3. The summed E-state index contributed by atoms with van der Waals surface area (Å²) >= 11 is 0. The van der Waals surface area contributed by atoms with Gasteiger partial charge in [-0.25, -0.2) is 0 Å². The summed E-state index contributed by atoms with van der Waals surface area (Å²) in [6, 6.07) is 6.61. The molecule has 2 rings (SSSR count). The van der Waals surface area contributed by atoms with E-state index in [1.807, 2.05) is 24.3 Å². The molecule has 0 aliphatic carbocycles. The summed E-state index contributed by atoms with van der Waals surface area (Å²) in [5, 5.41) is 18.0. The molecule has 188 valence electrons. The van der Waals surface area contributed by atoms with Crippen molar-refractivity contribution < 1.29 is 29.1 Å². The fraction of sp³-hybridized carbons (Fsp3) is 0.417. The molecule has 3 atom stereocenters. The summed E-state index contributed by atoms with van der Waals surface area (Å²) in [5.74, 6) is -2.14. The predicted octanol–water partition coefficient (Wildman–Crippen LogP) is 0.168. The second-order valence-electron chi connectivity index (χ2n) is 8.07. The van der Waals surface area contributed by atoms with Crippen molar-refractivity contribution in [2.75, 3.05) is 13.1 Å². The Morgan fingerprint density at radius 1 is 1.11 bits per heavy atom. The van der Waals surface area contributed by atoms with Crippen LogP contribution >= 0.6 is 0 Å². The number of carbonyl (C=O) groups is 5. The summed E-state index contributed by atoms with van der Waals surface area (Å²) < 4.78 is 0. The zero-order valence-electron chi connectivity index (χ0n) is 19.3. The summed E-state index contributed by atoms with van der Waals surface area (Å²) in [7, 11) is 0. The summed E-state index contributed by atoms with van der Waals surface area (Å²) in [5.41, 5.74) is 6.58. The minimum absolute atomic E-state index is 0.0614. The minimum atomic E-state index is -1.13. The molecule has 0 fully saturated rings. The largest absolute Gasteiger partial charge is 0.481 e. The SMILES string of the molecule is NCCC[C@@H](CN[C@H](C=O)CC(=O)O)NC(=O)C(CCC=O)NC(=O)c1cnc2ccccc2c1. The molecule has 1 unspecified atom stereocenters. The molecule has 1 aromatic heterocycles. The average molecular weight is 486 g/mol. The van der Waals surface area contributed by atoms with E-state index >= 15 is 0 Å². The van der Waals surface area contributed by atoms with E-state index in [-0.39, 0.29) is 24.9 Å². The van der Waals surface area contributed by atoms with Gasteiger partial charge in [0, 0.05) is 30.6 Å². The van der Waals surface area contributed by atoms with Gasteiger partial charge in [0.25, 0.3) is 5.91 Å². The number of carboxylic acid groups (broad SMARTS) is 1. The summed E-state index contributed by atoms with van der Waals surface area (Å²) in [6.07, 6.45) is 3.39. The monoisotopic (exact) mass is 485 g/mol. The quantitative estimate of drug-likeness (QED) is 0.207. The number of aldehydes is 2. The molecule has 0 aliphatic rings. The lowest BCUT2D eigenvalue weighted by atomic mass is 10.1. The number of para-hydroxylation sites is 1. The maximum Gasteiger partial charge on any atom is 0.305 e. The van der Waals surface area contributed by atoms with Gasteiger partial charge < -0.3 is 36.4 Å². The molecule has 11 nitrogen and oxygen atoms in total. The number of pyridine rings is 1. The Hall–Kier alpha value is -3.70. The van der Waals surface area contributed by atoms with Gasteiger partial charge in [-0.2, -0.15) is 0 Å². The molecule has 0 bridgehead atoms. The molecule has 0 saturated carbocycles. The van der Waals surface area contributed by atoms with Gasteiger partial charge in [0.05, 0.1) is 23.5 Å². The van der Waals surface area contributed by atoms with Crippen LogP contribution in [0.25, 0.3) is 10.9 Å². The highest BCUT2D eigenvalue weighted by atomic mass is 16.4. The third kappa shape index (κ3) is 9.22. The molecular formula is C24H31N5O6. The van der Waals surface area contributed by atoms with Crippen LogP contribution in [0.1, 0.15) is 42.5 Å². The van der Waals surface area contributed by atoms with E-state index in [0.717, 1.165) is 10.9 Å². The van der Waals surface area contributed by atoms with Gasteiger partial charge in [-0.1, -0.05) is 18.2 Å². The van der Waals surface area contributed by atoms with Crippen LogP contribution in [-0.4, -0.2) is 71.7 Å². The van der Waals surface area contributed by atoms with E-state index in [9.17, 15) is 24.0 Å². The van der Waals surface area contributed by atoms with Crippen molar-refractivity contribution >= 4 is 41.3 Å². The Morgan fingerprint density at radius 3 is 2.57 bits per heavy atom. The van der Waals surface area contributed by atoms with Crippen molar-refractivity contribution in [2.45, 2.75) is 50.2 Å². The van der Waals surface area contributed by atoms with Crippen molar-refractivity contribution in [3.05, 3.63) is 42.1 Å². The van der Waals surface area contributed by atoms with Gasteiger partial charge in [-0.3, -0.25) is 19.4 Å². The average Bonchev–Trinajstić information content (AvgIpc) is 2.86. The number of rotatable bonds is 16. The van der Waals surface area contributed by atoms with Gasteiger partial charge in [0.2, 0.25) is 5.91 Å². The zero-order chi connectivity index (χ0) is 25.6. The first-order chi connectivity index (χ1) is 16.9. The molecule has 2 amide bonds. The van der Waals surface area contributed by atoms with E-state index in [1.54, 1.807) is 6.07 Å². The lowest BCUT2D eigenvalue weighted by Gasteiger charge is -2.24. The van der Waals surface area contributed by atoms with Gasteiger partial charge >= 0.3 is 5.97 Å². The Balaban J connectivity index is 2.09. The fourth-order valence-corrected chi connectivity index (χ4v) is 3.48. The summed E-state index contributed by atoms with van der Waals surface area (Å²) in [6.45, 7) is 0.504. The highest BCUT2D eigenvalue weighted by Crippen LogP contribution is 2.13. The normalized spacial score (nSPS) is 13.4. The second-order valence-corrected chi connectivity index (χ2v) is 8.07. The number of hydrogen-bond acceptors (Lipinski definition) is 8. The third-order valence-electron chi connectivity index (χ3n) is 5.34. The van der Waals surface area contributed by atoms with E-state index in [0.29, 0.717) is 32.0 Å². The van der Waals surface area contributed by atoms with Crippen LogP contribution in [0.15, 0.2) is 36.5 Å². The first kappa shape index (κ1) is 27.5. The molecule has 1 heterocycles. The number of nitrogens with two attached hydrogens (primary N) is 1. The number of fused-ring (bicyclic) bond motifs is 1. The number of carboxylic acids is 1. The lowest BCUT2D eigenvalue weighted by Crippen LogP contribution is -2.53. The molecular weight excluding hydrogens is 454 g/mol. The number of benzene rings is 1. The first-order valence-corrected chi connectivity index (χ1v) is 11.4. The highest BCUT2D eigenvalue weighted by Gasteiger charge is 2.24. The van der Waals surface area contributed by atoms with E-state index < -0.39 is 42.3 Å². The van der Waals surface area contributed by atoms with Crippen molar-refractivity contribution in [1.82, 2.24) is 20.9 Å². The molecule has 11 heteroatoms. The van der Waals surface area contributed by atoms with Crippen LogP contribution in [0.5, 0.6) is 0 Å². The third-order valence-corrected chi connectivity index (χ3v) is 5.34. The van der Waals surface area contributed by atoms with Crippen LogP contribution < -0.4 is 21.7 Å². The molecule has 1 aromatic carbocycles. The Morgan fingerprint density at radius 2 is 1.89 bits per heavy atom. The highest BCUT2D eigenvalue weighted by molar-refractivity contribution is 5.99. The smallest absolute Gasteiger partial charge is 0.305 e. The van der Waals surface area contributed by atoms with Gasteiger partial charge in [-0.05, 0) is 37.9 Å². The number of amides is 2. The molecule has 0 aliphatic heterocycles. The number of aromatic nitrogens is 1. The number of aliphatic carboxylic acids is 1. The topological polar surface area (TPSA) is 181 Å². The Bertz CT molecular complexity index is 1030. The Kier molecular flexibility index (Phi) is 11.4. The summed E-state index contributed by atoms with van der Waals surface area (Å²) in [4.78, 5) is 63.1. The van der Waals surface area contributed by atoms with Crippen LogP contribution in [0.2, 0.25) is 0 Å². The van der Waals surface area contributed by atoms with E-state index in [4.69, 9.17) is 10.8 Å². The van der Waals surface area contributed by atoms with E-state index in [2.05, 4.69) is 20.9 Å². The molecule has 2 aromatic rings. The maximum absolute atomic E-state index is 13.0. The number of nitrogens with zero attached hydrogens (tertiary/aromatic N) is 1. The number of hydrogen-bond donors (Lipinski definition) is 5. The van der Waals surface area contributed by atoms with Gasteiger partial charge in [0.1, 0.15) is 18.6 Å².